The summed E-state index contributed by atoms with van der Waals surface area (Å²) in [4.78, 5) is 3.72. The van der Waals surface area contributed by atoms with Crippen LogP contribution in [-0.2, 0) is 16.6 Å². The highest BCUT2D eigenvalue weighted by Crippen LogP contribution is 2.29. The monoisotopic (exact) mass is 331 g/mol. The van der Waals surface area contributed by atoms with Crippen molar-refractivity contribution in [3.05, 3.63) is 15.8 Å². The van der Waals surface area contributed by atoms with Gasteiger partial charge in [0.25, 0.3) is 0 Å². The van der Waals surface area contributed by atoms with Gasteiger partial charge in [-0.2, -0.15) is 4.31 Å². The summed E-state index contributed by atoms with van der Waals surface area (Å²) in [6.45, 7) is 6.02. The molecule has 0 saturated carbocycles. The van der Waals surface area contributed by atoms with E-state index in [1.165, 1.54) is 28.5 Å². The predicted molar refractivity (Wildman–Crippen MR) is 87.3 cm³/mol. The molecule has 2 rings (SSSR count). The van der Waals surface area contributed by atoms with Crippen molar-refractivity contribution in [2.24, 2.45) is 0 Å². The van der Waals surface area contributed by atoms with Crippen LogP contribution in [-0.4, -0.2) is 57.9 Å². The minimum atomic E-state index is -3.39. The van der Waals surface area contributed by atoms with E-state index in [0.717, 1.165) is 30.1 Å². The maximum Gasteiger partial charge on any atom is 0.244 e. The van der Waals surface area contributed by atoms with E-state index in [1.807, 2.05) is 19.4 Å². The van der Waals surface area contributed by atoms with Crippen LogP contribution in [0.3, 0.4) is 0 Å². The Bertz CT molecular complexity index is 563. The number of thiophene rings is 1. The molecule has 0 aromatic carbocycles. The molecule has 1 saturated heterocycles. The summed E-state index contributed by atoms with van der Waals surface area (Å²) in [6, 6.07) is 0. The first-order valence-corrected chi connectivity index (χ1v) is 9.69. The Kier molecular flexibility index (Phi) is 5.79. The number of likely N-dealkylation sites (tertiary alicyclic amines) is 1. The van der Waals surface area contributed by atoms with Gasteiger partial charge in [0.1, 0.15) is 4.90 Å². The molecule has 0 amide bonds. The average Bonchev–Trinajstić information content (AvgIpc) is 3.06. The maximum atomic E-state index is 12.8. The molecular formula is C14H25N3O2S2. The fraction of sp³-hybridized carbons (Fsp3) is 0.714. The van der Waals surface area contributed by atoms with Gasteiger partial charge in [0, 0.05) is 31.6 Å². The molecule has 1 fully saturated rings. The molecule has 7 heteroatoms. The van der Waals surface area contributed by atoms with Crippen molar-refractivity contribution in [3.8, 4) is 0 Å². The van der Waals surface area contributed by atoms with Crippen molar-refractivity contribution in [1.29, 1.82) is 0 Å². The van der Waals surface area contributed by atoms with Gasteiger partial charge in [0.05, 0.1) is 0 Å². The lowest BCUT2D eigenvalue weighted by molar-refractivity contribution is 0.310. The van der Waals surface area contributed by atoms with E-state index < -0.39 is 10.0 Å². The summed E-state index contributed by atoms with van der Waals surface area (Å²) in [5.74, 6) is 0. The number of sulfonamides is 1. The van der Waals surface area contributed by atoms with Gasteiger partial charge in [-0.15, -0.1) is 11.3 Å². The van der Waals surface area contributed by atoms with Gasteiger partial charge in [0.15, 0.2) is 0 Å². The molecule has 5 nitrogen and oxygen atoms in total. The van der Waals surface area contributed by atoms with E-state index in [9.17, 15) is 8.42 Å². The molecule has 1 aromatic rings. The van der Waals surface area contributed by atoms with Crippen LogP contribution in [0.5, 0.6) is 0 Å². The Morgan fingerprint density at radius 2 is 2.05 bits per heavy atom. The highest BCUT2D eigenvalue weighted by Gasteiger charge is 2.27. The molecule has 0 radical (unpaired) electrons. The summed E-state index contributed by atoms with van der Waals surface area (Å²) in [7, 11) is 0.128. The van der Waals surface area contributed by atoms with Crippen molar-refractivity contribution in [3.63, 3.8) is 0 Å². The van der Waals surface area contributed by atoms with Crippen molar-refractivity contribution < 1.29 is 8.42 Å². The highest BCUT2D eigenvalue weighted by molar-refractivity contribution is 7.89. The first kappa shape index (κ1) is 16.9. The Hall–Kier alpha value is -0.470. The number of likely N-dealkylation sites (N-methyl/N-ethyl adjacent to an activating group) is 1. The third-order valence-corrected chi connectivity index (χ3v) is 7.25. The molecule has 0 atom stereocenters. The summed E-state index contributed by atoms with van der Waals surface area (Å²) < 4.78 is 27.1. The molecule has 1 aliphatic heterocycles. The minimum absolute atomic E-state index is 0.491. The first-order valence-electron chi connectivity index (χ1n) is 7.37. The second-order valence-electron chi connectivity index (χ2n) is 5.58. The Morgan fingerprint density at radius 1 is 1.38 bits per heavy atom. The minimum Gasteiger partial charge on any atom is -0.315 e. The predicted octanol–water partition coefficient (Wildman–Crippen LogP) is 1.49. The SMILES string of the molecule is CNCc1scc(C)c1S(=O)(=O)N(C)CCN1CCCC1. The van der Waals surface area contributed by atoms with Crippen LogP contribution in [0.1, 0.15) is 23.3 Å². The molecule has 1 aliphatic rings. The quantitative estimate of drug-likeness (QED) is 0.822. The van der Waals surface area contributed by atoms with Crippen molar-refractivity contribution >= 4 is 21.4 Å². The largest absolute Gasteiger partial charge is 0.315 e. The zero-order valence-corrected chi connectivity index (χ0v) is 14.7. The number of hydrogen-bond donors (Lipinski definition) is 1. The van der Waals surface area contributed by atoms with E-state index in [-0.39, 0.29) is 0 Å². The molecular weight excluding hydrogens is 306 g/mol. The molecule has 1 N–H and O–H groups in total. The molecule has 0 bridgehead atoms. The zero-order valence-electron chi connectivity index (χ0n) is 13.1. The molecule has 2 heterocycles. The maximum absolute atomic E-state index is 12.8. The number of nitrogens with zero attached hydrogens (tertiary/aromatic N) is 2. The average molecular weight is 332 g/mol. The number of rotatable bonds is 7. The molecule has 0 spiro atoms. The van der Waals surface area contributed by atoms with Crippen LogP contribution >= 0.6 is 11.3 Å². The standard InChI is InChI=1S/C14H25N3O2S2/c1-12-11-20-13(10-15-2)14(12)21(18,19)16(3)8-9-17-6-4-5-7-17/h11,15H,4-10H2,1-3H3. The summed E-state index contributed by atoms with van der Waals surface area (Å²) >= 11 is 1.51. The highest BCUT2D eigenvalue weighted by atomic mass is 32.2. The molecule has 0 aliphatic carbocycles. The Balaban J connectivity index is 2.10. The van der Waals surface area contributed by atoms with E-state index in [1.54, 1.807) is 7.05 Å². The lowest BCUT2D eigenvalue weighted by atomic mass is 10.3. The van der Waals surface area contributed by atoms with E-state index >= 15 is 0 Å². The molecule has 1 aromatic heterocycles. The molecule has 0 unspecified atom stereocenters. The van der Waals surface area contributed by atoms with Crippen molar-refractivity contribution in [1.82, 2.24) is 14.5 Å². The second kappa shape index (κ2) is 7.19. The van der Waals surface area contributed by atoms with Crippen LogP contribution < -0.4 is 5.32 Å². The first-order chi connectivity index (χ1) is 9.96. The van der Waals surface area contributed by atoms with Gasteiger partial charge in [-0.25, -0.2) is 8.42 Å². The van der Waals surface area contributed by atoms with Crippen LogP contribution in [0.2, 0.25) is 0 Å². The van der Waals surface area contributed by atoms with Crippen LogP contribution in [0.15, 0.2) is 10.3 Å². The third-order valence-electron chi connectivity index (χ3n) is 3.92. The molecule has 21 heavy (non-hydrogen) atoms. The Morgan fingerprint density at radius 3 is 2.67 bits per heavy atom. The van der Waals surface area contributed by atoms with Gasteiger partial charge >= 0.3 is 0 Å². The Labute approximate surface area is 132 Å². The second-order valence-corrected chi connectivity index (χ2v) is 8.52. The van der Waals surface area contributed by atoms with E-state index in [4.69, 9.17) is 0 Å². The van der Waals surface area contributed by atoms with E-state index in [2.05, 4.69) is 10.2 Å². The third kappa shape index (κ3) is 3.84. The lowest BCUT2D eigenvalue weighted by Crippen LogP contribution is -2.35. The summed E-state index contributed by atoms with van der Waals surface area (Å²) in [5, 5.41) is 4.97. The topological polar surface area (TPSA) is 52.7 Å². The van der Waals surface area contributed by atoms with Gasteiger partial charge in [0.2, 0.25) is 10.0 Å². The van der Waals surface area contributed by atoms with Crippen molar-refractivity contribution in [2.75, 3.05) is 40.3 Å². The van der Waals surface area contributed by atoms with Crippen LogP contribution in [0.4, 0.5) is 0 Å². The van der Waals surface area contributed by atoms with Crippen LogP contribution in [0, 0.1) is 6.92 Å². The number of nitrogens with one attached hydrogen (secondary N) is 1. The lowest BCUT2D eigenvalue weighted by Gasteiger charge is -2.22. The van der Waals surface area contributed by atoms with Gasteiger partial charge < -0.3 is 10.2 Å². The molecule has 120 valence electrons. The smallest absolute Gasteiger partial charge is 0.244 e. The van der Waals surface area contributed by atoms with Crippen LogP contribution in [0.25, 0.3) is 0 Å². The summed E-state index contributed by atoms with van der Waals surface area (Å²) in [5.41, 5.74) is 0.846. The normalized spacial score (nSPS) is 17.0. The fourth-order valence-electron chi connectivity index (χ4n) is 2.68. The van der Waals surface area contributed by atoms with Crippen molar-refractivity contribution in [2.45, 2.75) is 31.2 Å². The van der Waals surface area contributed by atoms with E-state index in [0.29, 0.717) is 18.0 Å². The number of hydrogen-bond acceptors (Lipinski definition) is 5. The van der Waals surface area contributed by atoms with Gasteiger partial charge in [-0.05, 0) is 50.8 Å². The van der Waals surface area contributed by atoms with Gasteiger partial charge in [-0.3, -0.25) is 0 Å². The number of aryl methyl sites for hydroxylation is 1. The summed E-state index contributed by atoms with van der Waals surface area (Å²) in [6.07, 6.45) is 2.46. The fourth-order valence-corrected chi connectivity index (χ4v) is 5.61. The zero-order chi connectivity index (χ0) is 15.5. The van der Waals surface area contributed by atoms with Gasteiger partial charge in [-0.1, -0.05) is 0 Å².